The van der Waals surface area contributed by atoms with Crippen LogP contribution in [0.4, 0.5) is 0 Å². The minimum Gasteiger partial charge on any atom is -0.452 e. The summed E-state index contributed by atoms with van der Waals surface area (Å²) >= 11 is 4.87. The van der Waals surface area contributed by atoms with E-state index in [9.17, 15) is 8.42 Å². The number of hydrogen-bond acceptors (Lipinski definition) is 5. The molecule has 1 aromatic rings. The molecule has 1 unspecified atom stereocenters. The van der Waals surface area contributed by atoms with E-state index in [1.54, 1.807) is 17.8 Å². The zero-order valence-corrected chi connectivity index (χ0v) is 15.1. The molecule has 0 radical (unpaired) electrons. The molecule has 0 aliphatic carbocycles. The number of sulfonamides is 1. The van der Waals surface area contributed by atoms with Crippen LogP contribution in [0, 0.1) is 5.92 Å². The van der Waals surface area contributed by atoms with Gasteiger partial charge in [-0.05, 0) is 40.4 Å². The molecule has 0 bridgehead atoms. The van der Waals surface area contributed by atoms with E-state index in [0.717, 1.165) is 12.3 Å². The van der Waals surface area contributed by atoms with Crippen molar-refractivity contribution in [1.82, 2.24) is 10.0 Å². The van der Waals surface area contributed by atoms with Crippen molar-refractivity contribution in [2.75, 3.05) is 25.1 Å². The van der Waals surface area contributed by atoms with Crippen LogP contribution in [0.2, 0.25) is 0 Å². The summed E-state index contributed by atoms with van der Waals surface area (Å²) in [5.41, 5.74) is 0. The Labute approximate surface area is 133 Å². The molecule has 0 amide bonds. The number of furan rings is 1. The van der Waals surface area contributed by atoms with E-state index in [1.165, 1.54) is 0 Å². The van der Waals surface area contributed by atoms with Crippen molar-refractivity contribution in [3.63, 3.8) is 0 Å². The third-order valence-electron chi connectivity index (χ3n) is 2.62. The quantitative estimate of drug-likeness (QED) is 0.683. The van der Waals surface area contributed by atoms with Crippen LogP contribution in [0.5, 0.6) is 0 Å². The van der Waals surface area contributed by atoms with Gasteiger partial charge < -0.3 is 9.73 Å². The molecule has 1 heterocycles. The zero-order valence-electron chi connectivity index (χ0n) is 11.9. The van der Waals surface area contributed by atoms with Crippen molar-refractivity contribution < 1.29 is 12.8 Å². The second-order valence-corrected chi connectivity index (χ2v) is 7.91. The highest BCUT2D eigenvalue weighted by Crippen LogP contribution is 2.26. The lowest BCUT2D eigenvalue weighted by Gasteiger charge is -2.10. The Bertz CT molecular complexity index is 517. The molecule has 0 saturated carbocycles. The van der Waals surface area contributed by atoms with Gasteiger partial charge in [-0.3, -0.25) is 0 Å². The topological polar surface area (TPSA) is 71.3 Å². The van der Waals surface area contributed by atoms with E-state index in [0.29, 0.717) is 18.8 Å². The summed E-state index contributed by atoms with van der Waals surface area (Å²) < 4.78 is 32.7. The first-order valence-corrected chi connectivity index (χ1v) is 10.0. The Kier molecular flexibility index (Phi) is 7.60. The van der Waals surface area contributed by atoms with E-state index in [1.807, 2.05) is 20.1 Å². The van der Waals surface area contributed by atoms with Gasteiger partial charge in [0.05, 0.1) is 6.54 Å². The average molecular weight is 385 g/mol. The predicted molar refractivity (Wildman–Crippen MR) is 86.5 cm³/mol. The normalized spacial score (nSPS) is 13.6. The highest BCUT2D eigenvalue weighted by atomic mass is 79.9. The second-order valence-electron chi connectivity index (χ2n) is 4.54. The van der Waals surface area contributed by atoms with E-state index in [4.69, 9.17) is 4.42 Å². The van der Waals surface area contributed by atoms with Gasteiger partial charge in [0.2, 0.25) is 10.0 Å². The Morgan fingerprint density at radius 2 is 2.20 bits per heavy atom. The molecule has 1 rings (SSSR count). The van der Waals surface area contributed by atoms with Gasteiger partial charge in [-0.25, -0.2) is 13.1 Å². The molecular weight excluding hydrogens is 364 g/mol. The highest BCUT2D eigenvalue weighted by molar-refractivity contribution is 9.10. The number of halogens is 1. The van der Waals surface area contributed by atoms with Crippen LogP contribution in [0.15, 0.2) is 20.0 Å². The smallest absolute Gasteiger partial charge is 0.244 e. The van der Waals surface area contributed by atoms with Crippen molar-refractivity contribution in [3.8, 4) is 0 Å². The number of rotatable bonds is 9. The first-order valence-electron chi connectivity index (χ1n) is 6.38. The molecule has 0 fully saturated rings. The van der Waals surface area contributed by atoms with E-state index in [-0.39, 0.29) is 15.5 Å². The highest BCUT2D eigenvalue weighted by Gasteiger charge is 2.22. The van der Waals surface area contributed by atoms with Crippen LogP contribution < -0.4 is 10.0 Å². The largest absolute Gasteiger partial charge is 0.452 e. The molecule has 5 nitrogen and oxygen atoms in total. The Morgan fingerprint density at radius 3 is 2.80 bits per heavy atom. The summed E-state index contributed by atoms with van der Waals surface area (Å²) in [5.74, 6) is 1.80. The summed E-state index contributed by atoms with van der Waals surface area (Å²) in [6.45, 7) is 5.71. The second kappa shape index (κ2) is 8.43. The van der Waals surface area contributed by atoms with E-state index in [2.05, 4.69) is 26.0 Å². The van der Waals surface area contributed by atoms with Gasteiger partial charge >= 0.3 is 0 Å². The molecule has 0 aliphatic heterocycles. The molecule has 1 aromatic heterocycles. The monoisotopic (exact) mass is 384 g/mol. The van der Waals surface area contributed by atoms with Crippen LogP contribution in [0.25, 0.3) is 0 Å². The van der Waals surface area contributed by atoms with Crippen molar-refractivity contribution in [2.45, 2.75) is 25.3 Å². The fourth-order valence-electron chi connectivity index (χ4n) is 1.59. The predicted octanol–water partition coefficient (Wildman–Crippen LogP) is 2.43. The van der Waals surface area contributed by atoms with Gasteiger partial charge in [-0.2, -0.15) is 11.8 Å². The van der Waals surface area contributed by atoms with E-state index < -0.39 is 10.0 Å². The van der Waals surface area contributed by atoms with Crippen LogP contribution in [0.3, 0.4) is 0 Å². The van der Waals surface area contributed by atoms with Gasteiger partial charge in [0, 0.05) is 12.6 Å². The lowest BCUT2D eigenvalue weighted by molar-refractivity contribution is 0.464. The third kappa shape index (κ3) is 5.40. The van der Waals surface area contributed by atoms with Gasteiger partial charge in [0.1, 0.15) is 10.7 Å². The van der Waals surface area contributed by atoms with Crippen LogP contribution >= 0.6 is 27.7 Å². The third-order valence-corrected chi connectivity index (χ3v) is 5.80. The summed E-state index contributed by atoms with van der Waals surface area (Å²) in [6, 6.07) is 1.55. The minimum absolute atomic E-state index is 0.154. The van der Waals surface area contributed by atoms with Crippen molar-refractivity contribution in [1.29, 1.82) is 0 Å². The first-order chi connectivity index (χ1) is 9.40. The minimum atomic E-state index is -3.54. The zero-order chi connectivity index (χ0) is 15.2. The maximum Gasteiger partial charge on any atom is 0.244 e. The van der Waals surface area contributed by atoms with Gasteiger partial charge in [0.25, 0.3) is 0 Å². The Hall–Kier alpha value is -0.0200. The standard InChI is InChI=1S/C12H21BrN2O3S2/c1-4-14-7-10-5-11(12(13)18-10)20(16,17)15-6-9(2)8-19-3/h5,9,14-15H,4,6-8H2,1-3H3. The summed E-state index contributed by atoms with van der Waals surface area (Å²) in [6.07, 6.45) is 2.00. The fraction of sp³-hybridized carbons (Fsp3) is 0.667. The molecular formula is C12H21BrN2O3S2. The molecule has 8 heteroatoms. The summed E-state index contributed by atoms with van der Waals surface area (Å²) in [5, 5.41) is 3.09. The number of thioether (sulfide) groups is 1. The van der Waals surface area contributed by atoms with Crippen molar-refractivity contribution in [3.05, 3.63) is 16.5 Å². The van der Waals surface area contributed by atoms with Crippen molar-refractivity contribution >= 4 is 37.7 Å². The number of hydrogen-bond donors (Lipinski definition) is 2. The molecule has 0 aromatic carbocycles. The van der Waals surface area contributed by atoms with Gasteiger partial charge in [-0.15, -0.1) is 0 Å². The fourth-order valence-corrected chi connectivity index (χ4v) is 4.44. The maximum atomic E-state index is 12.2. The van der Waals surface area contributed by atoms with Crippen LogP contribution in [-0.4, -0.2) is 33.5 Å². The molecule has 0 spiro atoms. The average Bonchev–Trinajstić information content (AvgIpc) is 2.76. The number of nitrogens with one attached hydrogen (secondary N) is 2. The molecule has 20 heavy (non-hydrogen) atoms. The van der Waals surface area contributed by atoms with Gasteiger partial charge in [0.15, 0.2) is 4.67 Å². The summed E-state index contributed by atoms with van der Waals surface area (Å²) in [4.78, 5) is 0.154. The maximum absolute atomic E-state index is 12.2. The van der Waals surface area contributed by atoms with Crippen LogP contribution in [-0.2, 0) is 16.6 Å². The molecule has 0 aliphatic rings. The molecule has 0 saturated heterocycles. The van der Waals surface area contributed by atoms with E-state index >= 15 is 0 Å². The lowest BCUT2D eigenvalue weighted by Crippen LogP contribution is -2.29. The molecule has 2 N–H and O–H groups in total. The van der Waals surface area contributed by atoms with Crippen molar-refractivity contribution in [2.24, 2.45) is 5.92 Å². The SMILES string of the molecule is CCNCc1cc(S(=O)(=O)NCC(C)CSC)c(Br)o1. The first kappa shape index (κ1) is 18.0. The van der Waals surface area contributed by atoms with Crippen LogP contribution in [0.1, 0.15) is 19.6 Å². The Balaban J connectivity index is 2.74. The molecule has 1 atom stereocenters. The lowest BCUT2D eigenvalue weighted by atomic mass is 10.2. The summed E-state index contributed by atoms with van der Waals surface area (Å²) in [7, 11) is -3.54. The molecule has 116 valence electrons. The van der Waals surface area contributed by atoms with Gasteiger partial charge in [-0.1, -0.05) is 13.8 Å². The Morgan fingerprint density at radius 1 is 1.50 bits per heavy atom.